The highest BCUT2D eigenvalue weighted by Crippen LogP contribution is 2.30. The Balaban J connectivity index is 1.40. The molecule has 32 heavy (non-hydrogen) atoms. The number of likely N-dealkylation sites (tertiary alicyclic amines) is 1. The van der Waals surface area contributed by atoms with Gasteiger partial charge in [-0.15, -0.1) is 5.10 Å². The molecule has 3 aromatic rings. The second-order valence-electron chi connectivity index (χ2n) is 8.57. The fourth-order valence-corrected chi connectivity index (χ4v) is 4.04. The Morgan fingerprint density at radius 3 is 2.31 bits per heavy atom. The molecule has 164 valence electrons. The van der Waals surface area contributed by atoms with Crippen LogP contribution in [0.2, 0.25) is 0 Å². The molecule has 1 aliphatic heterocycles. The van der Waals surface area contributed by atoms with Crippen molar-refractivity contribution in [1.29, 1.82) is 0 Å². The van der Waals surface area contributed by atoms with E-state index in [0.29, 0.717) is 11.6 Å². The summed E-state index contributed by atoms with van der Waals surface area (Å²) < 4.78 is 1.71. The van der Waals surface area contributed by atoms with Crippen molar-refractivity contribution in [3.05, 3.63) is 54.6 Å². The maximum Gasteiger partial charge on any atom is 0.244 e. The van der Waals surface area contributed by atoms with Gasteiger partial charge in [0.1, 0.15) is 6.54 Å². The van der Waals surface area contributed by atoms with Crippen LogP contribution in [0.1, 0.15) is 32.1 Å². The van der Waals surface area contributed by atoms with E-state index in [4.69, 9.17) is 10.1 Å². The largest absolute Gasteiger partial charge is 0.341 e. The van der Waals surface area contributed by atoms with E-state index in [9.17, 15) is 9.59 Å². The van der Waals surface area contributed by atoms with Crippen LogP contribution in [0.5, 0.6) is 0 Å². The first kappa shape index (κ1) is 20.4. The van der Waals surface area contributed by atoms with Gasteiger partial charge in [0.05, 0.1) is 0 Å². The Labute approximate surface area is 187 Å². The second-order valence-corrected chi connectivity index (χ2v) is 8.57. The molecule has 2 aliphatic rings. The first-order valence-electron chi connectivity index (χ1n) is 11.4. The number of nitrogens with zero attached hydrogens (tertiary/aromatic N) is 4. The van der Waals surface area contributed by atoms with Gasteiger partial charge in [-0.25, -0.2) is 9.67 Å². The van der Waals surface area contributed by atoms with Crippen LogP contribution in [-0.4, -0.2) is 44.6 Å². The average molecular weight is 430 g/mol. The maximum absolute atomic E-state index is 12.9. The highest BCUT2D eigenvalue weighted by Gasteiger charge is 2.29. The third-order valence-electron chi connectivity index (χ3n) is 6.06. The lowest BCUT2D eigenvalue weighted by Gasteiger charge is -2.26. The summed E-state index contributed by atoms with van der Waals surface area (Å²) in [4.78, 5) is 31.6. The van der Waals surface area contributed by atoms with E-state index < -0.39 is 0 Å². The van der Waals surface area contributed by atoms with Crippen molar-refractivity contribution >= 4 is 17.5 Å². The summed E-state index contributed by atoms with van der Waals surface area (Å²) in [5.41, 5.74) is 2.54. The predicted octanol–water partition coefficient (Wildman–Crippen LogP) is 3.97. The maximum atomic E-state index is 12.9. The number of benzene rings is 2. The Morgan fingerprint density at radius 2 is 1.62 bits per heavy atom. The number of carbonyl (C=O) groups excluding carboxylic acids is 2. The van der Waals surface area contributed by atoms with Gasteiger partial charge in [0.15, 0.2) is 11.6 Å². The van der Waals surface area contributed by atoms with Gasteiger partial charge in [0, 0.05) is 35.8 Å². The minimum absolute atomic E-state index is 0.0801. The smallest absolute Gasteiger partial charge is 0.244 e. The Bertz CT molecular complexity index is 1100. The van der Waals surface area contributed by atoms with Crippen molar-refractivity contribution in [3.8, 4) is 22.8 Å². The molecule has 1 aromatic heterocycles. The fraction of sp³-hybridized carbons (Fsp3) is 0.360. The highest BCUT2D eigenvalue weighted by atomic mass is 16.2. The zero-order valence-electron chi connectivity index (χ0n) is 18.0. The van der Waals surface area contributed by atoms with E-state index in [2.05, 4.69) is 5.32 Å². The van der Waals surface area contributed by atoms with Crippen LogP contribution in [-0.2, 0) is 16.1 Å². The van der Waals surface area contributed by atoms with Crippen LogP contribution in [0.3, 0.4) is 0 Å². The average Bonchev–Trinajstić information content (AvgIpc) is 3.61. The Hall–Kier alpha value is -3.48. The van der Waals surface area contributed by atoms with Gasteiger partial charge in [0.2, 0.25) is 11.8 Å². The minimum atomic E-state index is 0.0801. The summed E-state index contributed by atoms with van der Waals surface area (Å²) >= 11 is 0. The van der Waals surface area contributed by atoms with Gasteiger partial charge < -0.3 is 10.2 Å². The molecule has 1 saturated heterocycles. The number of aromatic nitrogens is 3. The lowest BCUT2D eigenvalue weighted by atomic mass is 10.1. The Morgan fingerprint density at radius 1 is 0.906 bits per heavy atom. The molecule has 1 N–H and O–H groups in total. The molecule has 2 aromatic carbocycles. The third-order valence-corrected chi connectivity index (χ3v) is 6.06. The van der Waals surface area contributed by atoms with Gasteiger partial charge in [0.25, 0.3) is 0 Å². The molecule has 0 spiro atoms. The molecule has 0 atom stereocenters. The van der Waals surface area contributed by atoms with E-state index in [1.807, 2.05) is 59.5 Å². The van der Waals surface area contributed by atoms with Gasteiger partial charge >= 0.3 is 0 Å². The van der Waals surface area contributed by atoms with E-state index in [-0.39, 0.29) is 24.3 Å². The molecular formula is C25H27N5O2. The number of hydrogen-bond acceptors (Lipinski definition) is 4. The van der Waals surface area contributed by atoms with Crippen LogP contribution in [0.15, 0.2) is 54.6 Å². The summed E-state index contributed by atoms with van der Waals surface area (Å²) in [6.07, 6.45) is 5.25. The molecule has 2 fully saturated rings. The highest BCUT2D eigenvalue weighted by molar-refractivity contribution is 5.94. The quantitative estimate of drug-likeness (QED) is 0.643. The van der Waals surface area contributed by atoms with Gasteiger partial charge in [-0.2, -0.15) is 0 Å². The van der Waals surface area contributed by atoms with Crippen molar-refractivity contribution in [2.75, 3.05) is 18.4 Å². The number of nitrogens with one attached hydrogen (secondary N) is 1. The molecule has 7 nitrogen and oxygen atoms in total. The van der Waals surface area contributed by atoms with Crippen LogP contribution in [0, 0.1) is 5.92 Å². The van der Waals surface area contributed by atoms with Crippen molar-refractivity contribution < 1.29 is 9.59 Å². The molecule has 0 bridgehead atoms. The van der Waals surface area contributed by atoms with Crippen LogP contribution in [0.4, 0.5) is 5.69 Å². The SMILES string of the molecule is O=C(Nc1ccc(-c2nc(-c3ccccc3)n(CC(=O)N3CCCCC3)n2)cc1)C1CC1. The zero-order chi connectivity index (χ0) is 21.9. The zero-order valence-corrected chi connectivity index (χ0v) is 18.0. The van der Waals surface area contributed by atoms with Crippen molar-refractivity contribution in [2.45, 2.75) is 38.6 Å². The van der Waals surface area contributed by atoms with Crippen LogP contribution >= 0.6 is 0 Å². The minimum Gasteiger partial charge on any atom is -0.341 e. The molecule has 7 heteroatoms. The lowest BCUT2D eigenvalue weighted by molar-refractivity contribution is -0.132. The number of piperidine rings is 1. The molecule has 1 saturated carbocycles. The summed E-state index contributed by atoms with van der Waals surface area (Å²) in [6.45, 7) is 1.80. The summed E-state index contributed by atoms with van der Waals surface area (Å²) in [5.74, 6) is 1.57. The van der Waals surface area contributed by atoms with E-state index >= 15 is 0 Å². The topological polar surface area (TPSA) is 80.1 Å². The van der Waals surface area contributed by atoms with E-state index in [0.717, 1.165) is 55.6 Å². The molecule has 2 amide bonds. The summed E-state index contributed by atoms with van der Waals surface area (Å²) in [6, 6.07) is 17.4. The predicted molar refractivity (Wildman–Crippen MR) is 123 cm³/mol. The van der Waals surface area contributed by atoms with Crippen molar-refractivity contribution in [2.24, 2.45) is 5.92 Å². The standard InChI is InChI=1S/C25H27N5O2/c31-22(29-15-5-2-6-16-29)17-30-24(19-7-3-1-4-8-19)27-23(28-30)18-11-13-21(14-12-18)26-25(32)20-9-10-20/h1,3-4,7-8,11-14,20H,2,5-6,9-10,15-17H2,(H,26,32). The lowest BCUT2D eigenvalue weighted by Crippen LogP contribution is -2.38. The van der Waals surface area contributed by atoms with E-state index in [1.165, 1.54) is 6.42 Å². The molecule has 0 unspecified atom stereocenters. The number of amides is 2. The monoisotopic (exact) mass is 429 g/mol. The van der Waals surface area contributed by atoms with Crippen LogP contribution < -0.4 is 5.32 Å². The number of anilines is 1. The van der Waals surface area contributed by atoms with E-state index in [1.54, 1.807) is 4.68 Å². The Kier molecular flexibility index (Phi) is 5.71. The van der Waals surface area contributed by atoms with Gasteiger partial charge in [-0.05, 0) is 56.4 Å². The normalized spacial score (nSPS) is 16.1. The van der Waals surface area contributed by atoms with Crippen LogP contribution in [0.25, 0.3) is 22.8 Å². The number of hydrogen-bond donors (Lipinski definition) is 1. The summed E-state index contributed by atoms with van der Waals surface area (Å²) in [5, 5.41) is 7.64. The van der Waals surface area contributed by atoms with Gasteiger partial charge in [-0.1, -0.05) is 30.3 Å². The number of carbonyl (C=O) groups is 2. The molecular weight excluding hydrogens is 402 g/mol. The second kappa shape index (κ2) is 8.94. The first-order chi connectivity index (χ1) is 15.7. The van der Waals surface area contributed by atoms with Gasteiger partial charge in [-0.3, -0.25) is 9.59 Å². The molecule has 0 radical (unpaired) electrons. The first-order valence-corrected chi connectivity index (χ1v) is 11.4. The molecule has 5 rings (SSSR count). The van der Waals surface area contributed by atoms with Crippen molar-refractivity contribution in [1.82, 2.24) is 19.7 Å². The van der Waals surface area contributed by atoms with Crippen molar-refractivity contribution in [3.63, 3.8) is 0 Å². The fourth-order valence-electron chi connectivity index (χ4n) is 4.04. The molecule has 2 heterocycles. The molecule has 1 aliphatic carbocycles. The summed E-state index contributed by atoms with van der Waals surface area (Å²) in [7, 11) is 0. The third kappa shape index (κ3) is 4.56. The number of rotatable bonds is 6.